The Labute approximate surface area is 456 Å². The van der Waals surface area contributed by atoms with Crippen LogP contribution in [0.4, 0.5) is 0 Å². The molecule has 3 saturated heterocycles. The number of hydrogen-bond acceptors (Lipinski definition) is 14. The van der Waals surface area contributed by atoms with Crippen LogP contribution in [0.3, 0.4) is 0 Å². The van der Waals surface area contributed by atoms with Crippen LogP contribution >= 0.6 is 0 Å². The maximum atomic E-state index is 14.3. The number of rotatable bonds is 20. The molecule has 3 fully saturated rings. The van der Waals surface area contributed by atoms with Crippen molar-refractivity contribution in [3.05, 3.63) is 241 Å². The maximum Gasteiger partial charge on any atom is 0.308 e. The zero-order valence-corrected chi connectivity index (χ0v) is 43.6. The first-order chi connectivity index (χ1) is 38.4. The molecule has 0 unspecified atom stereocenters. The lowest BCUT2D eigenvalue weighted by molar-refractivity contribution is -0.335. The van der Waals surface area contributed by atoms with Gasteiger partial charge < -0.3 is 56.8 Å². The molecule has 12 atom stereocenters. The van der Waals surface area contributed by atoms with Gasteiger partial charge in [0.25, 0.3) is 0 Å². The summed E-state index contributed by atoms with van der Waals surface area (Å²) in [6.45, 7) is 8.51. The minimum atomic E-state index is -1.21. The second kappa shape index (κ2) is 29.4. The number of carbonyl (C=O) groups is 2. The average molecular weight is 1060 g/mol. The Morgan fingerprint density at radius 1 is 0.346 bits per heavy atom. The largest absolute Gasteiger partial charge is 0.463 e. The highest BCUT2D eigenvalue weighted by Gasteiger charge is 2.52. The summed E-state index contributed by atoms with van der Waals surface area (Å²) in [7, 11) is 0. The molecule has 3 aliphatic rings. The molecule has 0 saturated carbocycles. The van der Waals surface area contributed by atoms with E-state index < -0.39 is 85.6 Å². The second-order valence-electron chi connectivity index (χ2n) is 19.2. The quantitative estimate of drug-likeness (QED) is 0.0528. The number of benzene rings is 6. The van der Waals surface area contributed by atoms with Crippen molar-refractivity contribution in [2.45, 2.75) is 126 Å². The van der Waals surface area contributed by atoms with Gasteiger partial charge in [0.1, 0.15) is 62.0 Å². The topological polar surface area (TPSA) is 145 Å². The minimum absolute atomic E-state index is 0.152. The number of ether oxygens (including phenoxy) is 12. The zero-order valence-electron chi connectivity index (χ0n) is 43.6. The number of esters is 2. The zero-order chi connectivity index (χ0) is 53.7. The fourth-order valence-electron chi connectivity index (χ4n) is 9.49. The first-order valence-corrected chi connectivity index (χ1v) is 26.5. The van der Waals surface area contributed by atoms with Crippen LogP contribution in [-0.2, 0) is 106 Å². The molecule has 0 aromatic heterocycles. The van der Waals surface area contributed by atoms with Crippen LogP contribution in [0.25, 0.3) is 0 Å². The molecule has 408 valence electrons. The molecule has 0 aliphatic carbocycles. The van der Waals surface area contributed by atoms with Crippen molar-refractivity contribution < 1.29 is 66.4 Å². The smallest absolute Gasteiger partial charge is 0.308 e. The van der Waals surface area contributed by atoms with Crippen molar-refractivity contribution in [1.29, 1.82) is 0 Å². The van der Waals surface area contributed by atoms with E-state index in [1.165, 1.54) is 12.2 Å². The standard InChI is InChI=1S/C64H68O14/c1-3-51-35-55(65)67-43-54-58(70-38-46-25-13-6-14-26-46)60(72-40-48-29-17-8-18-30-48)62(74-42-50-33-21-10-22-34-50)64(78-54)76-52(4-2)36-56(66)68-44-53-57(69-37-45-23-11-5-12-24-45)59(71-39-47-27-15-7-16-28-47)61(63(75-51)77-53)73-41-49-31-19-9-20-32-49/h3-34,51-54,57-64H,1-2,35-44H2/t51-,52-,53+,54+,57+,58+,59-,60-,61+,62+,63+,64+/m0/s1. The second-order valence-corrected chi connectivity index (χ2v) is 19.2. The highest BCUT2D eigenvalue weighted by Crippen LogP contribution is 2.35. The van der Waals surface area contributed by atoms with Gasteiger partial charge in [0.15, 0.2) is 12.6 Å². The Kier molecular flexibility index (Phi) is 21.1. The summed E-state index contributed by atoms with van der Waals surface area (Å²) >= 11 is 0. The SMILES string of the molecule is C=C[C@H]1CC(=O)OC[C@H]2O[C@@H](O[C@@H](C=C)CC(=O)OC[C@H]3O[C@@H](O1)[C@H](OCc1ccccc1)[C@@H](OCc1ccccc1)[C@@H]3OCc1ccccc1)[C@H](OCc1ccccc1)[C@@H](OCc1ccccc1)[C@@H]2OCc1ccccc1. The van der Waals surface area contributed by atoms with Crippen LogP contribution in [0, 0.1) is 0 Å². The van der Waals surface area contributed by atoms with Crippen molar-refractivity contribution in [2.75, 3.05) is 13.2 Å². The summed E-state index contributed by atoms with van der Waals surface area (Å²) in [4.78, 5) is 28.6. The van der Waals surface area contributed by atoms with E-state index in [4.69, 9.17) is 56.8 Å². The van der Waals surface area contributed by atoms with Gasteiger partial charge in [-0.05, 0) is 33.4 Å². The van der Waals surface area contributed by atoms with Crippen LogP contribution in [0.15, 0.2) is 207 Å². The Morgan fingerprint density at radius 3 is 0.846 bits per heavy atom. The Bertz CT molecular complexity index is 2530. The Balaban J connectivity index is 1.05. The van der Waals surface area contributed by atoms with Gasteiger partial charge >= 0.3 is 11.9 Å². The van der Waals surface area contributed by atoms with E-state index in [0.29, 0.717) is 0 Å². The van der Waals surface area contributed by atoms with Crippen molar-refractivity contribution in [2.24, 2.45) is 0 Å². The Morgan fingerprint density at radius 2 is 0.590 bits per heavy atom. The predicted octanol–water partition coefficient (Wildman–Crippen LogP) is 9.97. The van der Waals surface area contributed by atoms with Crippen LogP contribution in [0.1, 0.15) is 46.2 Å². The maximum absolute atomic E-state index is 14.3. The molecule has 14 heteroatoms. The predicted molar refractivity (Wildman–Crippen MR) is 289 cm³/mol. The Hall–Kier alpha value is -6.66. The van der Waals surface area contributed by atoms with Gasteiger partial charge in [-0.25, -0.2) is 0 Å². The fourth-order valence-corrected chi connectivity index (χ4v) is 9.49. The molecule has 0 spiro atoms. The summed E-state index contributed by atoms with van der Waals surface area (Å²) in [5.74, 6) is -1.25. The normalized spacial score (nSPS) is 27.0. The van der Waals surface area contributed by atoms with Crippen molar-refractivity contribution in [3.8, 4) is 0 Å². The van der Waals surface area contributed by atoms with E-state index in [-0.39, 0.29) is 65.7 Å². The van der Waals surface area contributed by atoms with Gasteiger partial charge in [0.2, 0.25) is 0 Å². The van der Waals surface area contributed by atoms with E-state index in [9.17, 15) is 9.59 Å². The van der Waals surface area contributed by atoms with E-state index in [1.54, 1.807) is 0 Å². The van der Waals surface area contributed by atoms with Gasteiger partial charge in [-0.3, -0.25) is 9.59 Å². The number of cyclic esters (lactones) is 2. The summed E-state index contributed by atoms with van der Waals surface area (Å²) in [5.41, 5.74) is 5.38. The molecule has 14 nitrogen and oxygen atoms in total. The fraction of sp³-hybridized carbons (Fsp3) is 0.344. The lowest BCUT2D eigenvalue weighted by Crippen LogP contribution is -2.62. The van der Waals surface area contributed by atoms with E-state index >= 15 is 0 Å². The van der Waals surface area contributed by atoms with Crippen molar-refractivity contribution in [1.82, 2.24) is 0 Å². The molecular formula is C64H68O14. The summed E-state index contributed by atoms with van der Waals surface area (Å²) < 4.78 is 80.2. The van der Waals surface area contributed by atoms with Crippen LogP contribution in [0.2, 0.25) is 0 Å². The lowest BCUT2D eigenvalue weighted by Gasteiger charge is -2.46. The highest BCUT2D eigenvalue weighted by atomic mass is 16.7. The van der Waals surface area contributed by atoms with Gasteiger partial charge in [-0.1, -0.05) is 194 Å². The van der Waals surface area contributed by atoms with Gasteiger partial charge in [0, 0.05) is 0 Å². The molecule has 3 aliphatic heterocycles. The summed E-state index contributed by atoms with van der Waals surface area (Å²) in [6.07, 6.45) is -9.28. The van der Waals surface area contributed by atoms with Gasteiger partial charge in [-0.15, -0.1) is 13.2 Å². The summed E-state index contributed by atoms with van der Waals surface area (Å²) in [5, 5.41) is 0. The van der Waals surface area contributed by atoms with Gasteiger partial charge in [0.05, 0.1) is 64.7 Å². The van der Waals surface area contributed by atoms with Crippen LogP contribution < -0.4 is 0 Å². The third-order valence-electron chi connectivity index (χ3n) is 13.6. The summed E-state index contributed by atoms with van der Waals surface area (Å²) in [6, 6.07) is 58.2. The van der Waals surface area contributed by atoms with Crippen molar-refractivity contribution in [3.63, 3.8) is 0 Å². The van der Waals surface area contributed by atoms with E-state index in [0.717, 1.165) is 33.4 Å². The third-order valence-corrected chi connectivity index (χ3v) is 13.6. The molecule has 3 heterocycles. The van der Waals surface area contributed by atoms with Gasteiger partial charge in [-0.2, -0.15) is 0 Å². The molecule has 78 heavy (non-hydrogen) atoms. The number of carbonyl (C=O) groups excluding carboxylic acids is 2. The molecule has 0 amide bonds. The molecule has 0 radical (unpaired) electrons. The van der Waals surface area contributed by atoms with E-state index in [2.05, 4.69) is 13.2 Å². The lowest BCUT2D eigenvalue weighted by atomic mass is 9.97. The minimum Gasteiger partial charge on any atom is -0.463 e. The molecule has 0 N–H and O–H groups in total. The van der Waals surface area contributed by atoms with E-state index in [1.807, 2.05) is 182 Å². The first-order valence-electron chi connectivity index (χ1n) is 26.5. The monoisotopic (exact) mass is 1060 g/mol. The van der Waals surface area contributed by atoms with Crippen LogP contribution in [-0.4, -0.2) is 98.8 Å². The molecule has 9 rings (SSSR count). The average Bonchev–Trinajstić information content (AvgIpc) is 3.50. The molecular weight excluding hydrogens is 993 g/mol. The highest BCUT2D eigenvalue weighted by molar-refractivity contribution is 5.70. The van der Waals surface area contributed by atoms with Crippen LogP contribution in [0.5, 0.6) is 0 Å². The molecule has 4 bridgehead atoms. The molecule has 6 aromatic carbocycles. The first kappa shape index (κ1) is 56.1. The number of hydrogen-bond donors (Lipinski definition) is 0. The number of fused-ring (bicyclic) bond motifs is 4. The van der Waals surface area contributed by atoms with Crippen molar-refractivity contribution >= 4 is 11.9 Å². The third kappa shape index (κ3) is 16.2. The molecule has 6 aromatic rings.